The van der Waals surface area contributed by atoms with Gasteiger partial charge < -0.3 is 0 Å². The molecule has 0 aliphatic heterocycles. The Hall–Kier alpha value is -3.66. The zero-order chi connectivity index (χ0) is 16.7. The van der Waals surface area contributed by atoms with Gasteiger partial charge in [-0.25, -0.2) is 0 Å². The van der Waals surface area contributed by atoms with E-state index in [1.807, 2.05) is 36.4 Å². The first-order chi connectivity index (χ1) is 11.8. The van der Waals surface area contributed by atoms with Crippen molar-refractivity contribution >= 4 is 32.3 Å². The highest BCUT2D eigenvalue weighted by molar-refractivity contribution is 6.28. The van der Waals surface area contributed by atoms with Crippen LogP contribution >= 0.6 is 0 Å². The van der Waals surface area contributed by atoms with Crippen LogP contribution in [0.25, 0.3) is 32.3 Å². The maximum Gasteiger partial charge on any atom is 0.0327 e. The molecule has 4 aromatic rings. The molecular formula is C24H12. The maximum atomic E-state index is 5.76. The molecule has 0 radical (unpaired) electrons. The Morgan fingerprint density at radius 2 is 0.750 bits per heavy atom. The normalized spacial score (nSPS) is 10.4. The fourth-order valence-electron chi connectivity index (χ4n) is 3.51. The van der Waals surface area contributed by atoms with Crippen molar-refractivity contribution in [3.8, 4) is 37.0 Å². The third-order valence-corrected chi connectivity index (χ3v) is 4.47. The van der Waals surface area contributed by atoms with Crippen molar-refractivity contribution in [2.75, 3.05) is 0 Å². The lowest BCUT2D eigenvalue weighted by molar-refractivity contribution is 1.70. The molecule has 4 rings (SSSR count). The van der Waals surface area contributed by atoms with Crippen molar-refractivity contribution in [3.63, 3.8) is 0 Å². The molecule has 0 saturated heterocycles. The van der Waals surface area contributed by atoms with Crippen molar-refractivity contribution in [2.24, 2.45) is 0 Å². The van der Waals surface area contributed by atoms with Gasteiger partial charge in [-0.05, 0) is 34.4 Å². The summed E-state index contributed by atoms with van der Waals surface area (Å²) >= 11 is 0. The van der Waals surface area contributed by atoms with Crippen molar-refractivity contribution in [3.05, 3.63) is 71.3 Å². The highest BCUT2D eigenvalue weighted by Crippen LogP contribution is 2.39. The fourth-order valence-corrected chi connectivity index (χ4v) is 3.51. The van der Waals surface area contributed by atoms with E-state index in [4.69, 9.17) is 19.3 Å². The van der Waals surface area contributed by atoms with Gasteiger partial charge in [-0.2, -0.15) is 0 Å². The first-order valence-corrected chi connectivity index (χ1v) is 7.60. The Morgan fingerprint density at radius 1 is 0.458 bits per heavy atom. The standard InChI is InChI=1S/C24H12/c1-4-16-10-7-13-19-22(16)20-14-8-11-17(5-2)24(20)21-15-9-12-18(6-3)23(19)21/h1-3,7-15H. The molecule has 0 atom stereocenters. The van der Waals surface area contributed by atoms with Gasteiger partial charge >= 0.3 is 0 Å². The van der Waals surface area contributed by atoms with Gasteiger partial charge in [0, 0.05) is 32.8 Å². The summed E-state index contributed by atoms with van der Waals surface area (Å²) in [5.41, 5.74) is 2.54. The second-order valence-electron chi connectivity index (χ2n) is 5.62. The van der Waals surface area contributed by atoms with Crippen molar-refractivity contribution < 1.29 is 0 Å². The zero-order valence-corrected chi connectivity index (χ0v) is 12.9. The topological polar surface area (TPSA) is 0 Å². The second kappa shape index (κ2) is 5.21. The molecular weight excluding hydrogens is 288 g/mol. The Bertz CT molecular complexity index is 1070. The molecule has 0 saturated carbocycles. The van der Waals surface area contributed by atoms with Gasteiger partial charge in [0.15, 0.2) is 0 Å². The average molecular weight is 300 g/mol. The number of hydrogen-bond acceptors (Lipinski definition) is 0. The molecule has 0 amide bonds. The van der Waals surface area contributed by atoms with E-state index >= 15 is 0 Å². The van der Waals surface area contributed by atoms with Crippen LogP contribution in [-0.2, 0) is 0 Å². The van der Waals surface area contributed by atoms with E-state index in [0.717, 1.165) is 49.0 Å². The molecule has 108 valence electrons. The van der Waals surface area contributed by atoms with E-state index in [1.54, 1.807) is 0 Å². The van der Waals surface area contributed by atoms with Crippen molar-refractivity contribution in [1.29, 1.82) is 0 Å². The molecule has 0 heteroatoms. The third kappa shape index (κ3) is 1.74. The smallest absolute Gasteiger partial charge is 0.0327 e. The van der Waals surface area contributed by atoms with Gasteiger partial charge in [-0.15, -0.1) is 19.3 Å². The van der Waals surface area contributed by atoms with Gasteiger partial charge in [0.05, 0.1) is 0 Å². The Balaban J connectivity index is 2.52. The average Bonchev–Trinajstić information content (AvgIpc) is 2.66. The summed E-state index contributed by atoms with van der Waals surface area (Å²) in [6, 6.07) is 18.0. The van der Waals surface area contributed by atoms with Crippen molar-refractivity contribution in [2.45, 2.75) is 0 Å². The minimum Gasteiger partial charge on any atom is -0.115 e. The first-order valence-electron chi connectivity index (χ1n) is 7.60. The van der Waals surface area contributed by atoms with Crippen LogP contribution in [0.15, 0.2) is 54.6 Å². The van der Waals surface area contributed by atoms with Gasteiger partial charge in [-0.1, -0.05) is 54.2 Å². The molecule has 0 aliphatic carbocycles. The molecule has 0 aromatic heterocycles. The minimum atomic E-state index is 0.848. The molecule has 4 aromatic carbocycles. The molecule has 0 nitrogen and oxygen atoms in total. The van der Waals surface area contributed by atoms with Gasteiger partial charge in [0.1, 0.15) is 0 Å². The van der Waals surface area contributed by atoms with Crippen LogP contribution in [0.2, 0.25) is 0 Å². The van der Waals surface area contributed by atoms with E-state index in [0.29, 0.717) is 0 Å². The van der Waals surface area contributed by atoms with Crippen LogP contribution in [-0.4, -0.2) is 0 Å². The predicted octanol–water partition coefficient (Wildman–Crippen LogP) is 5.09. The van der Waals surface area contributed by atoms with Crippen LogP contribution in [0.4, 0.5) is 0 Å². The summed E-state index contributed by atoms with van der Waals surface area (Å²) in [7, 11) is 0. The van der Waals surface area contributed by atoms with E-state index in [1.165, 1.54) is 0 Å². The highest BCUT2D eigenvalue weighted by Gasteiger charge is 2.14. The van der Waals surface area contributed by atoms with Crippen molar-refractivity contribution in [1.82, 2.24) is 0 Å². The molecule has 0 fully saturated rings. The number of hydrogen-bond donors (Lipinski definition) is 0. The fraction of sp³-hybridized carbons (Fsp3) is 0. The number of benzene rings is 4. The van der Waals surface area contributed by atoms with Crippen LogP contribution in [0.5, 0.6) is 0 Å². The first kappa shape index (κ1) is 14.0. The van der Waals surface area contributed by atoms with Gasteiger partial charge in [0.25, 0.3) is 0 Å². The Labute approximate surface area is 141 Å². The zero-order valence-electron chi connectivity index (χ0n) is 12.9. The molecule has 0 bridgehead atoms. The van der Waals surface area contributed by atoms with E-state index < -0.39 is 0 Å². The van der Waals surface area contributed by atoms with Gasteiger partial charge in [-0.3, -0.25) is 0 Å². The molecule has 0 spiro atoms. The van der Waals surface area contributed by atoms with Crippen LogP contribution in [0.3, 0.4) is 0 Å². The lowest BCUT2D eigenvalue weighted by Gasteiger charge is -2.14. The monoisotopic (exact) mass is 300 g/mol. The quantitative estimate of drug-likeness (QED) is 0.313. The maximum absolute atomic E-state index is 5.76. The number of terminal acetylenes is 3. The summed E-state index contributed by atoms with van der Waals surface area (Å²) in [6.07, 6.45) is 17.3. The highest BCUT2D eigenvalue weighted by atomic mass is 14.2. The van der Waals surface area contributed by atoms with Crippen LogP contribution in [0.1, 0.15) is 16.7 Å². The van der Waals surface area contributed by atoms with Crippen LogP contribution < -0.4 is 0 Å². The minimum absolute atomic E-state index is 0.848. The molecule has 0 heterocycles. The molecule has 24 heavy (non-hydrogen) atoms. The summed E-state index contributed by atoms with van der Waals surface area (Å²) in [4.78, 5) is 0. The number of rotatable bonds is 0. The van der Waals surface area contributed by atoms with Gasteiger partial charge in [0.2, 0.25) is 0 Å². The van der Waals surface area contributed by atoms with E-state index in [2.05, 4.69) is 36.0 Å². The second-order valence-corrected chi connectivity index (χ2v) is 5.62. The molecule has 0 unspecified atom stereocenters. The van der Waals surface area contributed by atoms with Crippen LogP contribution in [0, 0.1) is 37.0 Å². The summed E-state index contributed by atoms with van der Waals surface area (Å²) in [6.45, 7) is 0. The summed E-state index contributed by atoms with van der Waals surface area (Å²) in [5.74, 6) is 8.40. The number of fused-ring (bicyclic) bond motifs is 6. The summed E-state index contributed by atoms with van der Waals surface area (Å²) < 4.78 is 0. The Morgan fingerprint density at radius 3 is 1.00 bits per heavy atom. The predicted molar refractivity (Wildman–Crippen MR) is 103 cm³/mol. The summed E-state index contributed by atoms with van der Waals surface area (Å²) in [5, 5.41) is 6.29. The third-order valence-electron chi connectivity index (χ3n) is 4.47. The SMILES string of the molecule is C#Cc1cccc2c1c1cccc(C#C)c1c1cccc(C#C)c21. The van der Waals surface area contributed by atoms with E-state index in [9.17, 15) is 0 Å². The molecule has 0 N–H and O–H groups in total. The molecule has 0 aliphatic rings. The lowest BCUT2D eigenvalue weighted by Crippen LogP contribution is -1.91. The van der Waals surface area contributed by atoms with E-state index in [-0.39, 0.29) is 0 Å². The lowest BCUT2D eigenvalue weighted by atomic mass is 9.88. The largest absolute Gasteiger partial charge is 0.115 e. The Kier molecular flexibility index (Phi) is 3.03.